The van der Waals surface area contributed by atoms with Crippen molar-refractivity contribution in [2.24, 2.45) is 5.73 Å². The number of esters is 3. The molecule has 0 heterocycles. The normalized spacial score (nSPS) is 12.4. The molecule has 0 radical (unpaired) electrons. The van der Waals surface area contributed by atoms with Gasteiger partial charge in [0.25, 0.3) is 5.91 Å². The van der Waals surface area contributed by atoms with Crippen molar-refractivity contribution in [1.82, 2.24) is 5.32 Å². The van der Waals surface area contributed by atoms with E-state index in [1.54, 1.807) is 45.0 Å². The fourth-order valence-electron chi connectivity index (χ4n) is 5.59. The van der Waals surface area contributed by atoms with Gasteiger partial charge in [-0.2, -0.15) is 0 Å². The number of benzene rings is 4. The van der Waals surface area contributed by atoms with Crippen molar-refractivity contribution in [3.63, 3.8) is 0 Å². The van der Waals surface area contributed by atoms with Crippen LogP contribution in [0.4, 0.5) is 0 Å². The maximum absolute atomic E-state index is 13.8. The van der Waals surface area contributed by atoms with Gasteiger partial charge in [0.1, 0.15) is 24.4 Å². The lowest BCUT2D eigenvalue weighted by molar-refractivity contribution is -0.155. The van der Waals surface area contributed by atoms with Gasteiger partial charge in [0.2, 0.25) is 5.91 Å². The first-order valence-electron chi connectivity index (χ1n) is 17.1. The van der Waals surface area contributed by atoms with Crippen LogP contribution in [-0.4, -0.2) is 47.5 Å². The minimum absolute atomic E-state index is 0.000757. The van der Waals surface area contributed by atoms with Crippen LogP contribution in [-0.2, 0) is 52.8 Å². The van der Waals surface area contributed by atoms with Crippen molar-refractivity contribution in [2.45, 2.75) is 90.1 Å². The molecule has 268 valence electrons. The van der Waals surface area contributed by atoms with Crippen LogP contribution in [0.2, 0.25) is 0 Å². The predicted molar refractivity (Wildman–Crippen MR) is 193 cm³/mol. The Balaban J connectivity index is 1.48. The number of rotatable bonds is 17. The van der Waals surface area contributed by atoms with Gasteiger partial charge < -0.3 is 25.3 Å². The third-order valence-electron chi connectivity index (χ3n) is 7.98. The molecule has 0 fully saturated rings. The van der Waals surface area contributed by atoms with Crippen LogP contribution >= 0.6 is 0 Å². The lowest BCUT2D eigenvalue weighted by Gasteiger charge is -2.23. The van der Waals surface area contributed by atoms with Crippen molar-refractivity contribution >= 4 is 40.5 Å². The second kappa shape index (κ2) is 18.5. The Morgan fingerprint density at radius 1 is 0.765 bits per heavy atom. The number of hydrogen-bond acceptors (Lipinski definition) is 8. The second-order valence-electron chi connectivity index (χ2n) is 13.4. The van der Waals surface area contributed by atoms with Gasteiger partial charge in [-0.25, -0.2) is 4.79 Å². The molecule has 0 saturated carbocycles. The lowest BCUT2D eigenvalue weighted by atomic mass is 10.0. The topological polar surface area (TPSA) is 151 Å². The van der Waals surface area contributed by atoms with Crippen molar-refractivity contribution in [1.29, 1.82) is 0 Å². The Bertz CT molecular complexity index is 1820. The van der Waals surface area contributed by atoms with Gasteiger partial charge in [-0.05, 0) is 73.6 Å². The Morgan fingerprint density at radius 2 is 1.45 bits per heavy atom. The summed E-state index contributed by atoms with van der Waals surface area (Å²) in [7, 11) is 0. The summed E-state index contributed by atoms with van der Waals surface area (Å²) in [4.78, 5) is 64.4. The molecular weight excluding hydrogens is 648 g/mol. The lowest BCUT2D eigenvalue weighted by Crippen LogP contribution is -2.44. The summed E-state index contributed by atoms with van der Waals surface area (Å²) in [6.45, 7) is 5.46. The summed E-state index contributed by atoms with van der Waals surface area (Å²) < 4.78 is 16.7. The smallest absolute Gasteiger partial charge is 0.328 e. The highest BCUT2D eigenvalue weighted by molar-refractivity contribution is 5.98. The van der Waals surface area contributed by atoms with E-state index >= 15 is 0 Å². The molecule has 4 aromatic rings. The van der Waals surface area contributed by atoms with Crippen LogP contribution in [0.3, 0.4) is 0 Å². The van der Waals surface area contributed by atoms with E-state index in [2.05, 4.69) is 5.32 Å². The number of ether oxygens (including phenoxy) is 3. The van der Waals surface area contributed by atoms with Crippen molar-refractivity contribution in [2.75, 3.05) is 0 Å². The van der Waals surface area contributed by atoms with Crippen LogP contribution in [0, 0.1) is 0 Å². The first kappa shape index (κ1) is 38.3. The highest BCUT2D eigenvalue weighted by Crippen LogP contribution is 2.20. The maximum Gasteiger partial charge on any atom is 0.328 e. The highest BCUT2D eigenvalue weighted by atomic mass is 16.6. The van der Waals surface area contributed by atoms with Crippen molar-refractivity contribution in [3.8, 4) is 0 Å². The predicted octanol–water partition coefficient (Wildman–Crippen LogP) is 6.16. The van der Waals surface area contributed by atoms with E-state index in [1.165, 1.54) is 0 Å². The number of amides is 2. The summed E-state index contributed by atoms with van der Waals surface area (Å²) in [5, 5.41) is 4.82. The molecule has 10 nitrogen and oxygen atoms in total. The van der Waals surface area contributed by atoms with E-state index in [0.717, 1.165) is 21.9 Å². The zero-order valence-electron chi connectivity index (χ0n) is 29.4. The minimum atomic E-state index is -1.16. The van der Waals surface area contributed by atoms with E-state index in [4.69, 9.17) is 19.9 Å². The molecule has 0 unspecified atom stereocenters. The summed E-state index contributed by atoms with van der Waals surface area (Å²) >= 11 is 0. The zero-order valence-corrected chi connectivity index (χ0v) is 29.4. The van der Waals surface area contributed by atoms with E-state index in [9.17, 15) is 24.0 Å². The monoisotopic (exact) mass is 694 g/mol. The Labute approximate surface area is 298 Å². The third-order valence-corrected chi connectivity index (χ3v) is 7.98. The number of aryl methyl sites for hydroxylation is 1. The highest BCUT2D eigenvalue weighted by Gasteiger charge is 2.28. The fourth-order valence-corrected chi connectivity index (χ4v) is 5.59. The number of hydrogen-bond donors (Lipinski definition) is 2. The Kier molecular flexibility index (Phi) is 13.9. The molecule has 0 aliphatic rings. The van der Waals surface area contributed by atoms with Crippen LogP contribution in [0.25, 0.3) is 10.8 Å². The summed E-state index contributed by atoms with van der Waals surface area (Å²) in [6, 6.07) is 28.5. The van der Waals surface area contributed by atoms with Gasteiger partial charge in [0.15, 0.2) is 0 Å². The molecule has 0 spiro atoms. The van der Waals surface area contributed by atoms with Crippen LogP contribution in [0.15, 0.2) is 97.1 Å². The summed E-state index contributed by atoms with van der Waals surface area (Å²) in [5.74, 6) is -2.81. The molecule has 2 amide bonds. The number of nitrogens with one attached hydrogen (secondary N) is 1. The van der Waals surface area contributed by atoms with Gasteiger partial charge in [-0.15, -0.1) is 0 Å². The van der Waals surface area contributed by atoms with E-state index in [-0.39, 0.29) is 57.1 Å². The summed E-state index contributed by atoms with van der Waals surface area (Å²) in [6.07, 6.45) is -0.329. The first-order valence-corrected chi connectivity index (χ1v) is 17.1. The maximum atomic E-state index is 13.8. The van der Waals surface area contributed by atoms with E-state index in [1.807, 2.05) is 72.8 Å². The van der Waals surface area contributed by atoms with E-state index < -0.39 is 47.5 Å². The van der Waals surface area contributed by atoms with Gasteiger partial charge in [-0.1, -0.05) is 91.0 Å². The first-order chi connectivity index (χ1) is 24.4. The minimum Gasteiger partial charge on any atom is -0.461 e. The molecule has 51 heavy (non-hydrogen) atoms. The van der Waals surface area contributed by atoms with Crippen LogP contribution < -0.4 is 11.1 Å². The van der Waals surface area contributed by atoms with Crippen LogP contribution in [0.1, 0.15) is 79.9 Å². The average molecular weight is 695 g/mol. The van der Waals surface area contributed by atoms with E-state index in [0.29, 0.717) is 5.56 Å². The number of carbonyl (C=O) groups excluding carboxylic acids is 5. The van der Waals surface area contributed by atoms with Crippen LogP contribution in [0.5, 0.6) is 0 Å². The molecular formula is C41H46N2O8. The molecule has 0 aliphatic heterocycles. The molecule has 0 bridgehead atoms. The SMILES string of the molecule is CC(C)(C)OC(=O)CCc1ccccc1C(=O)N[C@@H](CCCC(=O)OCc1ccccc1)C(=O)O[C@H](CC(N)=O)Cc1ccc2ccccc2c1. The molecule has 10 heteroatoms. The number of nitrogens with two attached hydrogens (primary N) is 1. The average Bonchev–Trinajstić information content (AvgIpc) is 3.08. The Hall–Kier alpha value is -5.51. The molecule has 0 aromatic heterocycles. The summed E-state index contributed by atoms with van der Waals surface area (Å²) in [5.41, 5.74) is 7.47. The number of fused-ring (bicyclic) bond motifs is 1. The zero-order chi connectivity index (χ0) is 36.8. The molecule has 0 aliphatic carbocycles. The molecule has 0 saturated heterocycles. The van der Waals surface area contributed by atoms with Crippen molar-refractivity contribution in [3.05, 3.63) is 119 Å². The number of carbonyl (C=O) groups is 5. The van der Waals surface area contributed by atoms with Gasteiger partial charge >= 0.3 is 17.9 Å². The molecule has 3 N–H and O–H groups in total. The third kappa shape index (κ3) is 13.0. The van der Waals surface area contributed by atoms with Gasteiger partial charge in [0, 0.05) is 24.8 Å². The largest absolute Gasteiger partial charge is 0.461 e. The Morgan fingerprint density at radius 3 is 2.18 bits per heavy atom. The molecule has 2 atom stereocenters. The quantitative estimate of drug-likeness (QED) is 0.0986. The molecule has 4 rings (SSSR count). The molecule has 4 aromatic carbocycles. The van der Waals surface area contributed by atoms with Crippen molar-refractivity contribution < 1.29 is 38.2 Å². The standard InChI is InChI=1S/C41H46N2O8/c1-41(2,3)51-38(46)23-22-31-15-9-10-17-34(31)39(47)43-35(18-11-19-37(45)49-27-28-12-5-4-6-13-28)40(48)50-33(26-36(42)44)25-29-20-21-30-14-7-8-16-32(30)24-29/h4-10,12-17,20-21,24,33,35H,11,18-19,22-23,25-27H2,1-3H3,(H2,42,44)(H,43,47)/t33-,35-/m0/s1. The number of primary amides is 1. The van der Waals surface area contributed by atoms with Gasteiger partial charge in [0.05, 0.1) is 6.42 Å². The van der Waals surface area contributed by atoms with Gasteiger partial charge in [-0.3, -0.25) is 19.2 Å². The fraction of sp³-hybridized carbons (Fsp3) is 0.341. The second-order valence-corrected chi connectivity index (χ2v) is 13.4.